The van der Waals surface area contributed by atoms with E-state index in [1.165, 1.54) is 11.8 Å². The molecule has 1 aliphatic heterocycles. The minimum Gasteiger partial charge on any atom is -0.378 e. The average Bonchev–Trinajstić information content (AvgIpc) is 2.73. The summed E-state index contributed by atoms with van der Waals surface area (Å²) < 4.78 is 5.28. The fourth-order valence-electron chi connectivity index (χ4n) is 2.92. The number of thioether (sulfide) groups is 1. The predicted molar refractivity (Wildman–Crippen MR) is 107 cm³/mol. The van der Waals surface area contributed by atoms with Gasteiger partial charge < -0.3 is 15.0 Å². The number of nitrogens with zero attached hydrogens (tertiary/aromatic N) is 1. The van der Waals surface area contributed by atoms with E-state index < -0.39 is 0 Å². The average molecular weight is 385 g/mol. The van der Waals surface area contributed by atoms with Crippen LogP contribution in [0, 0.1) is 0 Å². The normalized spacial score (nSPS) is 15.2. The SMILES string of the molecule is C[C@H](NC(=O)c1ccccc1SCC(=O)N1CCOCC1)c1ccccc1. The predicted octanol–water partition coefficient (Wildman–Crippen LogP) is 3.13. The summed E-state index contributed by atoms with van der Waals surface area (Å²) in [6.45, 7) is 4.41. The standard InChI is InChI=1S/C21H24N2O3S/c1-16(17-7-3-2-4-8-17)22-21(25)18-9-5-6-10-19(18)27-15-20(24)23-11-13-26-14-12-23/h2-10,16H,11-15H2,1H3,(H,22,25)/t16-/m0/s1. The van der Waals surface area contributed by atoms with E-state index in [0.717, 1.165) is 10.5 Å². The molecule has 0 aliphatic carbocycles. The Hall–Kier alpha value is -2.31. The molecule has 1 aliphatic rings. The number of carbonyl (C=O) groups excluding carboxylic acids is 2. The number of benzene rings is 2. The quantitative estimate of drug-likeness (QED) is 0.778. The van der Waals surface area contributed by atoms with Gasteiger partial charge in [-0.3, -0.25) is 9.59 Å². The minimum atomic E-state index is -0.131. The molecule has 0 bridgehead atoms. The highest BCUT2D eigenvalue weighted by atomic mass is 32.2. The Labute approximate surface area is 164 Å². The highest BCUT2D eigenvalue weighted by Crippen LogP contribution is 2.24. The van der Waals surface area contributed by atoms with E-state index in [2.05, 4.69) is 5.32 Å². The third-order valence-corrected chi connectivity index (χ3v) is 5.55. The molecule has 1 N–H and O–H groups in total. The first-order valence-electron chi connectivity index (χ1n) is 9.08. The Kier molecular flexibility index (Phi) is 6.90. The van der Waals surface area contributed by atoms with Crippen molar-refractivity contribution < 1.29 is 14.3 Å². The smallest absolute Gasteiger partial charge is 0.252 e. The maximum absolute atomic E-state index is 12.8. The van der Waals surface area contributed by atoms with Gasteiger partial charge in [0.2, 0.25) is 5.91 Å². The van der Waals surface area contributed by atoms with Crippen LogP contribution in [0.3, 0.4) is 0 Å². The van der Waals surface area contributed by atoms with Crippen molar-refractivity contribution in [1.82, 2.24) is 10.2 Å². The molecule has 1 heterocycles. The van der Waals surface area contributed by atoms with Crippen LogP contribution in [0.25, 0.3) is 0 Å². The molecule has 0 spiro atoms. The number of carbonyl (C=O) groups is 2. The molecule has 6 heteroatoms. The number of rotatable bonds is 6. The number of nitrogens with one attached hydrogen (secondary N) is 1. The summed E-state index contributed by atoms with van der Waals surface area (Å²) in [7, 11) is 0. The molecule has 1 saturated heterocycles. The van der Waals surface area contributed by atoms with E-state index in [4.69, 9.17) is 4.74 Å². The number of hydrogen-bond acceptors (Lipinski definition) is 4. The lowest BCUT2D eigenvalue weighted by atomic mass is 10.1. The molecule has 142 valence electrons. The Bertz CT molecular complexity index is 776. The van der Waals surface area contributed by atoms with Gasteiger partial charge in [-0.05, 0) is 24.6 Å². The fraction of sp³-hybridized carbons (Fsp3) is 0.333. The minimum absolute atomic E-state index is 0.0798. The van der Waals surface area contributed by atoms with Crippen LogP contribution in [0.15, 0.2) is 59.5 Å². The number of amides is 2. The van der Waals surface area contributed by atoms with Crippen molar-refractivity contribution in [3.8, 4) is 0 Å². The number of ether oxygens (including phenoxy) is 1. The molecule has 0 aromatic heterocycles. The van der Waals surface area contributed by atoms with Crippen LogP contribution >= 0.6 is 11.8 Å². The van der Waals surface area contributed by atoms with Gasteiger partial charge in [0.1, 0.15) is 0 Å². The first-order chi connectivity index (χ1) is 13.1. The Morgan fingerprint density at radius 1 is 1.07 bits per heavy atom. The first kappa shape index (κ1) is 19.5. The second-order valence-corrected chi connectivity index (χ2v) is 7.40. The summed E-state index contributed by atoms with van der Waals surface area (Å²) in [5.74, 6) is 0.267. The zero-order chi connectivity index (χ0) is 19.1. The largest absolute Gasteiger partial charge is 0.378 e. The molecule has 0 saturated carbocycles. The van der Waals surface area contributed by atoms with Crippen molar-refractivity contribution in [2.75, 3.05) is 32.1 Å². The zero-order valence-electron chi connectivity index (χ0n) is 15.4. The molecule has 27 heavy (non-hydrogen) atoms. The molecule has 2 aromatic rings. The van der Waals surface area contributed by atoms with Crippen molar-refractivity contribution in [2.24, 2.45) is 0 Å². The van der Waals surface area contributed by atoms with Crippen LogP contribution in [-0.2, 0) is 9.53 Å². The number of morpholine rings is 1. The molecule has 0 unspecified atom stereocenters. The third-order valence-electron chi connectivity index (χ3n) is 4.49. The molecule has 0 radical (unpaired) electrons. The third kappa shape index (κ3) is 5.34. The second-order valence-electron chi connectivity index (χ2n) is 6.38. The summed E-state index contributed by atoms with van der Waals surface area (Å²) in [5, 5.41) is 3.04. The summed E-state index contributed by atoms with van der Waals surface area (Å²) >= 11 is 1.41. The topological polar surface area (TPSA) is 58.6 Å². The monoisotopic (exact) mass is 384 g/mol. The van der Waals surface area contributed by atoms with Gasteiger partial charge >= 0.3 is 0 Å². The molecule has 5 nitrogen and oxygen atoms in total. The maximum Gasteiger partial charge on any atom is 0.252 e. The van der Waals surface area contributed by atoms with Crippen molar-refractivity contribution in [3.63, 3.8) is 0 Å². The first-order valence-corrected chi connectivity index (χ1v) is 10.1. The highest BCUT2D eigenvalue weighted by molar-refractivity contribution is 8.00. The van der Waals surface area contributed by atoms with Gasteiger partial charge in [-0.15, -0.1) is 11.8 Å². The van der Waals surface area contributed by atoms with Crippen molar-refractivity contribution in [3.05, 3.63) is 65.7 Å². The molecule has 1 fully saturated rings. The van der Waals surface area contributed by atoms with Gasteiger partial charge in [0, 0.05) is 18.0 Å². The van der Waals surface area contributed by atoms with Crippen LogP contribution in [0.4, 0.5) is 0 Å². The van der Waals surface area contributed by atoms with Crippen LogP contribution in [0.1, 0.15) is 28.9 Å². The summed E-state index contributed by atoms with van der Waals surface area (Å²) in [6.07, 6.45) is 0. The van der Waals surface area contributed by atoms with Crippen LogP contribution in [0.2, 0.25) is 0 Å². The van der Waals surface area contributed by atoms with Gasteiger partial charge in [0.05, 0.1) is 30.6 Å². The van der Waals surface area contributed by atoms with Crippen molar-refractivity contribution in [2.45, 2.75) is 17.9 Å². The van der Waals surface area contributed by atoms with E-state index >= 15 is 0 Å². The van der Waals surface area contributed by atoms with Crippen LogP contribution in [-0.4, -0.2) is 48.8 Å². The summed E-state index contributed by atoms with van der Waals surface area (Å²) in [6, 6.07) is 17.2. The van der Waals surface area contributed by atoms with E-state index in [1.807, 2.05) is 60.4 Å². The second kappa shape index (κ2) is 9.58. The van der Waals surface area contributed by atoms with E-state index in [9.17, 15) is 9.59 Å². The molecular weight excluding hydrogens is 360 g/mol. The van der Waals surface area contributed by atoms with E-state index in [0.29, 0.717) is 37.6 Å². The molecule has 2 aromatic carbocycles. The zero-order valence-corrected chi connectivity index (χ0v) is 16.2. The lowest BCUT2D eigenvalue weighted by Crippen LogP contribution is -2.41. The highest BCUT2D eigenvalue weighted by Gasteiger charge is 2.19. The summed E-state index contributed by atoms with van der Waals surface area (Å²) in [5.41, 5.74) is 1.65. The Balaban J connectivity index is 1.62. The maximum atomic E-state index is 12.8. The van der Waals surface area contributed by atoms with Gasteiger partial charge in [-0.1, -0.05) is 42.5 Å². The molecule has 1 atom stereocenters. The van der Waals surface area contributed by atoms with E-state index in [-0.39, 0.29) is 17.9 Å². The lowest BCUT2D eigenvalue weighted by molar-refractivity contribution is -0.132. The molecular formula is C21H24N2O3S. The van der Waals surface area contributed by atoms with Crippen LogP contribution in [0.5, 0.6) is 0 Å². The van der Waals surface area contributed by atoms with Gasteiger partial charge in [0.25, 0.3) is 5.91 Å². The number of hydrogen-bond donors (Lipinski definition) is 1. The van der Waals surface area contributed by atoms with Crippen LogP contribution < -0.4 is 5.32 Å². The fourth-order valence-corrected chi connectivity index (χ4v) is 3.88. The molecule has 2 amide bonds. The van der Waals surface area contributed by atoms with Gasteiger partial charge in [0.15, 0.2) is 0 Å². The lowest BCUT2D eigenvalue weighted by Gasteiger charge is -2.26. The molecule has 3 rings (SSSR count). The Morgan fingerprint density at radius 3 is 2.48 bits per heavy atom. The van der Waals surface area contributed by atoms with E-state index in [1.54, 1.807) is 6.07 Å². The Morgan fingerprint density at radius 2 is 1.74 bits per heavy atom. The van der Waals surface area contributed by atoms with Crippen molar-refractivity contribution in [1.29, 1.82) is 0 Å². The van der Waals surface area contributed by atoms with Gasteiger partial charge in [-0.25, -0.2) is 0 Å². The summed E-state index contributed by atoms with van der Waals surface area (Å²) in [4.78, 5) is 27.8. The van der Waals surface area contributed by atoms with Gasteiger partial charge in [-0.2, -0.15) is 0 Å². The van der Waals surface area contributed by atoms with Crippen molar-refractivity contribution >= 4 is 23.6 Å².